The molecule has 5 aliphatic heterocycles. The van der Waals surface area contributed by atoms with Gasteiger partial charge < -0.3 is 53.4 Å². The van der Waals surface area contributed by atoms with Gasteiger partial charge in [0.1, 0.15) is 34.7 Å². The first-order chi connectivity index (χ1) is 70.0. The Hall–Kier alpha value is -14.9. The average Bonchev–Trinajstić information content (AvgIpc) is 1.67. The zero-order valence-corrected chi connectivity index (χ0v) is 92.7. The Morgan fingerprint density at radius 2 is 0.592 bits per heavy atom. The predicted molar refractivity (Wildman–Crippen MR) is 580 cm³/mol. The van der Waals surface area contributed by atoms with Gasteiger partial charge in [0.2, 0.25) is 0 Å². The predicted octanol–water partition coefficient (Wildman–Crippen LogP) is 31.9. The molecule has 5 radical (unpaired) electrons. The number of fused-ring (bicyclic) bond motifs is 8. The van der Waals surface area contributed by atoms with E-state index in [4.69, 9.17) is 24.4 Å². The summed E-state index contributed by atoms with van der Waals surface area (Å²) in [6.07, 6.45) is 5.75. The maximum Gasteiger partial charge on any atom is 0.126 e. The SMILES string of the molecule is Cc1cccc(C)c1-c1ccc2c(n1)N(c1[c-]cccc1)[CH-]N2c1ccccc1.Cc1cccc(C)c1-c1cnc2c(c1)N(c1ccccc1)[CH-]N2c1[c-]cccc1.Cc1ccccc1-c1ccc2c(n1)N(c1[c-]cccc1)[CH-]N2c1ccccc1.Cc1ccccc1-c1cnc2c(c1)N(c1ccccc1)[CH-]N2c1[c-]cccc1.[Ir].[Ir].[Ir].[Ir].[Ir].[c-]1ccc2c(oc3ccccc32)c1N1[CH-]N(c2ccccc2)c2ncccc21. The van der Waals surface area contributed by atoms with Gasteiger partial charge in [0.25, 0.3) is 0 Å². The Bertz CT molecular complexity index is 7650. The molecule has 0 bridgehead atoms. The summed E-state index contributed by atoms with van der Waals surface area (Å²) >= 11 is 0. The van der Waals surface area contributed by atoms with E-state index >= 15 is 0 Å². The van der Waals surface area contributed by atoms with E-state index in [1.54, 1.807) is 0 Å². The van der Waals surface area contributed by atoms with Crippen molar-refractivity contribution in [3.63, 3.8) is 0 Å². The molecule has 0 atom stereocenters. The zero-order chi connectivity index (χ0) is 95.9. The maximum atomic E-state index is 6.22. The molecule has 16 nitrogen and oxygen atoms in total. The minimum atomic E-state index is 0. The van der Waals surface area contributed by atoms with Crippen molar-refractivity contribution in [2.24, 2.45) is 0 Å². The molecular weight excluding hydrogens is 2700 g/mol. The number of benzene rings is 15. The second kappa shape index (κ2) is 47.1. The minimum absolute atomic E-state index is 0. The van der Waals surface area contributed by atoms with Gasteiger partial charge >= 0.3 is 0 Å². The van der Waals surface area contributed by atoms with Crippen LogP contribution in [0.1, 0.15) is 33.4 Å². The Labute approximate surface area is 927 Å². The van der Waals surface area contributed by atoms with Crippen LogP contribution in [0.2, 0.25) is 0 Å². The van der Waals surface area contributed by atoms with E-state index < -0.39 is 0 Å². The number of anilines is 20. The Morgan fingerprint density at radius 3 is 1.05 bits per heavy atom. The number of aromatic nitrogens is 5. The van der Waals surface area contributed by atoms with E-state index in [2.05, 4.69) is 419 Å². The van der Waals surface area contributed by atoms with E-state index in [9.17, 15) is 0 Å². The van der Waals surface area contributed by atoms with Crippen LogP contribution in [0.15, 0.2) is 442 Å². The molecule has 0 spiro atoms. The van der Waals surface area contributed by atoms with Crippen molar-refractivity contribution >= 4 is 136 Å². The largest absolute Gasteiger partial charge is 0.514 e. The van der Waals surface area contributed by atoms with Crippen LogP contribution in [0.5, 0.6) is 0 Å². The summed E-state index contributed by atoms with van der Waals surface area (Å²) in [5, 5.41) is 2.19. The first kappa shape index (κ1) is 104. The molecule has 0 N–H and O–H groups in total. The Balaban J connectivity index is 0.000000124. The Kier molecular flexibility index (Phi) is 33.2. The van der Waals surface area contributed by atoms with Gasteiger partial charge in [0.15, 0.2) is 0 Å². The molecule has 21 heteroatoms. The minimum Gasteiger partial charge on any atom is -0.514 e. The number of nitrogens with zero attached hydrogens (tertiary/aromatic N) is 15. The fourth-order valence-electron chi connectivity index (χ4n) is 18.8. The van der Waals surface area contributed by atoms with Crippen molar-refractivity contribution in [2.75, 3.05) is 49.0 Å². The molecule has 735 valence electrons. The molecule has 0 unspecified atom stereocenters. The van der Waals surface area contributed by atoms with Crippen molar-refractivity contribution in [3.8, 4) is 44.8 Å². The third kappa shape index (κ3) is 21.5. The third-order valence-corrected chi connectivity index (χ3v) is 25.7. The van der Waals surface area contributed by atoms with Crippen molar-refractivity contribution in [1.82, 2.24) is 24.9 Å². The molecule has 15 aromatic carbocycles. The number of pyridine rings is 5. The number of hydrogen-bond donors (Lipinski definition) is 0. The van der Waals surface area contributed by atoms with Gasteiger partial charge in [-0.25, -0.2) is 24.9 Å². The smallest absolute Gasteiger partial charge is 0.126 e. The van der Waals surface area contributed by atoms with Crippen LogP contribution in [-0.4, -0.2) is 24.9 Å². The summed E-state index contributed by atoms with van der Waals surface area (Å²) in [6.45, 7) is 23.2. The molecule has 5 aliphatic rings. The molecule has 21 aromatic rings. The summed E-state index contributed by atoms with van der Waals surface area (Å²) in [7, 11) is 0. The molecular formula is C126H95Ir5N15O-10. The van der Waals surface area contributed by atoms with Crippen LogP contribution in [0.4, 0.5) is 114 Å². The van der Waals surface area contributed by atoms with Gasteiger partial charge in [-0.2, -0.15) is 140 Å². The molecule has 0 amide bonds. The number of rotatable bonds is 14. The van der Waals surface area contributed by atoms with Crippen LogP contribution >= 0.6 is 0 Å². The molecule has 0 aliphatic carbocycles. The van der Waals surface area contributed by atoms with Crippen LogP contribution in [-0.2, 0) is 101 Å². The van der Waals surface area contributed by atoms with Crippen LogP contribution in [0.25, 0.3) is 66.7 Å². The van der Waals surface area contributed by atoms with Gasteiger partial charge in [-0.3, -0.25) is 0 Å². The Morgan fingerprint density at radius 1 is 0.238 bits per heavy atom. The topological polar surface area (TPSA) is 110 Å². The second-order valence-corrected chi connectivity index (χ2v) is 34.8. The van der Waals surface area contributed by atoms with Crippen molar-refractivity contribution in [2.45, 2.75) is 41.5 Å². The number of para-hydroxylation sites is 10. The zero-order valence-electron chi connectivity index (χ0n) is 80.7. The van der Waals surface area contributed by atoms with Gasteiger partial charge in [-0.1, -0.05) is 205 Å². The van der Waals surface area contributed by atoms with Gasteiger partial charge in [0, 0.05) is 181 Å². The van der Waals surface area contributed by atoms with Crippen LogP contribution in [0, 0.1) is 105 Å². The number of hydrogen-bond acceptors (Lipinski definition) is 16. The molecule has 26 rings (SSSR count). The average molecular weight is 2800 g/mol. The summed E-state index contributed by atoms with van der Waals surface area (Å²) < 4.78 is 6.22. The van der Waals surface area contributed by atoms with E-state index in [1.165, 1.54) is 50.1 Å². The first-order valence-corrected chi connectivity index (χ1v) is 47.3. The third-order valence-electron chi connectivity index (χ3n) is 25.7. The van der Waals surface area contributed by atoms with Gasteiger partial charge in [-0.15, -0.1) is 56.1 Å². The molecule has 147 heavy (non-hydrogen) atoms. The van der Waals surface area contributed by atoms with Crippen molar-refractivity contribution < 1.29 is 105 Å². The van der Waals surface area contributed by atoms with Gasteiger partial charge in [0.05, 0.1) is 39.8 Å². The van der Waals surface area contributed by atoms with E-state index in [-0.39, 0.29) is 101 Å². The molecule has 11 heterocycles. The van der Waals surface area contributed by atoms with Crippen LogP contribution in [0.3, 0.4) is 0 Å². The van der Waals surface area contributed by atoms with Gasteiger partial charge in [-0.05, 0) is 201 Å². The first-order valence-electron chi connectivity index (χ1n) is 47.3. The summed E-state index contributed by atoms with van der Waals surface area (Å²) in [5.74, 6) is 4.52. The fraction of sp³-hybridized carbons (Fsp3) is 0.0476. The standard InChI is InChI=1S/2C26H21N3.2C25H19N3.C24H15N3O.5Ir/c1-19-10-9-11-20(2)25(19)21-16-24-26(27-17-21)29(23-14-7-4-8-15-23)18-28(24)22-12-5-3-6-13-22;1-19-10-9-11-20(2)25(19)23-16-17-24-26(27-23)29(22-14-7-4-8-15-22)18-28(24)21-12-5-3-6-13-21;1-19-10-8-9-15-23(19)20-16-24-25(26-17-20)28(22-13-6-3-7-14-22)18-27(24)21-11-4-2-5-12-21;1-19-10-8-9-15-22(19)23-16-17-24-25(26-23)28(21-13-6-3-7-14-21)18-27(24)20-11-4-2-5-12-20;1-2-8-17(9-3-1)26-16-27(21-13-7-15-25-24(21)26)20-12-6-11-19-18-10-4-5-14-22(18)28-23(19)20;;;;;/h2*3-14,16-18H,1-2H3;2*2-13,15-18H,1H3;1-11,13-16H;;;;;/q5*-2;;;;;. The maximum absolute atomic E-state index is 6.22. The van der Waals surface area contributed by atoms with E-state index in [0.717, 1.165) is 164 Å². The summed E-state index contributed by atoms with van der Waals surface area (Å²) in [6, 6.07) is 159. The van der Waals surface area contributed by atoms with E-state index in [1.807, 2.05) is 177 Å². The number of aryl methyl sites for hydroxylation is 6. The summed E-state index contributed by atoms with van der Waals surface area (Å²) in [5.41, 5.74) is 33.6. The molecule has 0 saturated carbocycles. The van der Waals surface area contributed by atoms with E-state index in [0.29, 0.717) is 0 Å². The van der Waals surface area contributed by atoms with Crippen molar-refractivity contribution in [3.05, 3.63) is 534 Å². The quantitative estimate of drug-likeness (QED) is 0.0963. The number of furan rings is 1. The van der Waals surface area contributed by atoms with Crippen molar-refractivity contribution in [1.29, 1.82) is 0 Å². The van der Waals surface area contributed by atoms with Crippen LogP contribution < -0.4 is 49.0 Å². The molecule has 0 saturated heterocycles. The fourth-order valence-corrected chi connectivity index (χ4v) is 18.8. The molecule has 0 fully saturated rings. The monoisotopic (exact) mass is 2800 g/mol. The second-order valence-electron chi connectivity index (χ2n) is 34.8. The molecule has 6 aromatic heterocycles. The summed E-state index contributed by atoms with van der Waals surface area (Å²) in [4.78, 5) is 45.8. The normalized spacial score (nSPS) is 12.6.